The lowest BCUT2D eigenvalue weighted by atomic mass is 10.1. The molecule has 3 N–H and O–H groups in total. The third kappa shape index (κ3) is 3.34. The number of amides is 1. The average molecular weight is 239 g/mol. The Labute approximate surface area is 101 Å². The first-order valence-corrected chi connectivity index (χ1v) is 5.43. The number of nitrogens with one attached hydrogen (secondary N) is 1. The summed E-state index contributed by atoms with van der Waals surface area (Å²) in [7, 11) is 3.42. The standard InChI is InChI=1S/C12H18FN3O/c1-8-6-11(10(14)7-9(8)13)16(3)5-4-12(17)15-2/h6-7H,4-5,14H2,1-3H3,(H,15,17). The Hall–Kier alpha value is -1.78. The molecule has 1 rings (SSSR count). The Bertz CT molecular complexity index is 420. The number of rotatable bonds is 4. The van der Waals surface area contributed by atoms with Gasteiger partial charge in [0.25, 0.3) is 0 Å². The first-order valence-electron chi connectivity index (χ1n) is 5.43. The molecule has 1 aromatic carbocycles. The van der Waals surface area contributed by atoms with Gasteiger partial charge in [0.15, 0.2) is 0 Å². The van der Waals surface area contributed by atoms with Gasteiger partial charge < -0.3 is 16.0 Å². The molecule has 0 fully saturated rings. The van der Waals surface area contributed by atoms with Gasteiger partial charge in [-0.2, -0.15) is 0 Å². The van der Waals surface area contributed by atoms with Gasteiger partial charge in [0.2, 0.25) is 5.91 Å². The first kappa shape index (κ1) is 13.3. The van der Waals surface area contributed by atoms with Crippen molar-refractivity contribution >= 4 is 17.3 Å². The number of nitrogens with zero attached hydrogens (tertiary/aromatic N) is 1. The normalized spacial score (nSPS) is 10.1. The number of halogens is 1. The zero-order valence-corrected chi connectivity index (χ0v) is 10.4. The van der Waals surface area contributed by atoms with Gasteiger partial charge in [-0.05, 0) is 24.6 Å². The summed E-state index contributed by atoms with van der Waals surface area (Å²) >= 11 is 0. The summed E-state index contributed by atoms with van der Waals surface area (Å²) in [5, 5.41) is 2.55. The number of aryl methyl sites for hydroxylation is 1. The van der Waals surface area contributed by atoms with Crippen LogP contribution in [0.4, 0.5) is 15.8 Å². The predicted octanol–water partition coefficient (Wildman–Crippen LogP) is 1.29. The van der Waals surface area contributed by atoms with Crippen molar-refractivity contribution in [3.63, 3.8) is 0 Å². The quantitative estimate of drug-likeness (QED) is 0.778. The summed E-state index contributed by atoms with van der Waals surface area (Å²) in [6.45, 7) is 2.22. The van der Waals surface area contributed by atoms with E-state index in [1.807, 2.05) is 11.9 Å². The Kier molecular flexibility index (Phi) is 4.31. The van der Waals surface area contributed by atoms with Gasteiger partial charge in [-0.1, -0.05) is 0 Å². The van der Waals surface area contributed by atoms with Crippen molar-refractivity contribution in [1.29, 1.82) is 0 Å². The second kappa shape index (κ2) is 5.52. The molecule has 0 aliphatic heterocycles. The topological polar surface area (TPSA) is 58.4 Å². The van der Waals surface area contributed by atoms with E-state index in [0.717, 1.165) is 5.69 Å². The van der Waals surface area contributed by atoms with Crippen LogP contribution in [0.25, 0.3) is 0 Å². The van der Waals surface area contributed by atoms with Crippen molar-refractivity contribution in [3.05, 3.63) is 23.5 Å². The molecule has 0 aliphatic rings. The molecular formula is C12H18FN3O. The minimum Gasteiger partial charge on any atom is -0.397 e. The molecule has 0 bridgehead atoms. The summed E-state index contributed by atoms with van der Waals surface area (Å²) in [6.07, 6.45) is 0.378. The van der Waals surface area contributed by atoms with E-state index >= 15 is 0 Å². The van der Waals surface area contributed by atoms with Gasteiger partial charge in [0.05, 0.1) is 11.4 Å². The maximum absolute atomic E-state index is 13.2. The fraction of sp³-hybridized carbons (Fsp3) is 0.417. The summed E-state index contributed by atoms with van der Waals surface area (Å²) < 4.78 is 13.2. The Morgan fingerprint density at radius 3 is 2.76 bits per heavy atom. The van der Waals surface area contributed by atoms with E-state index in [1.165, 1.54) is 6.07 Å². The zero-order chi connectivity index (χ0) is 13.0. The van der Waals surface area contributed by atoms with Crippen LogP contribution >= 0.6 is 0 Å². The highest BCUT2D eigenvalue weighted by atomic mass is 19.1. The van der Waals surface area contributed by atoms with Crippen molar-refractivity contribution in [2.45, 2.75) is 13.3 Å². The molecule has 0 spiro atoms. The van der Waals surface area contributed by atoms with Crippen molar-refractivity contribution in [3.8, 4) is 0 Å². The lowest BCUT2D eigenvalue weighted by Crippen LogP contribution is -2.26. The molecule has 5 heteroatoms. The summed E-state index contributed by atoms with van der Waals surface area (Å²) in [5.74, 6) is -0.347. The van der Waals surface area contributed by atoms with Gasteiger partial charge in [-0.25, -0.2) is 4.39 Å². The Balaban J connectivity index is 2.78. The van der Waals surface area contributed by atoms with E-state index in [0.29, 0.717) is 24.2 Å². The van der Waals surface area contributed by atoms with Gasteiger partial charge in [0, 0.05) is 27.1 Å². The van der Waals surface area contributed by atoms with Gasteiger partial charge in [-0.3, -0.25) is 4.79 Å². The largest absolute Gasteiger partial charge is 0.397 e. The predicted molar refractivity (Wildman–Crippen MR) is 67.5 cm³/mol. The highest BCUT2D eigenvalue weighted by molar-refractivity contribution is 5.76. The molecule has 0 unspecified atom stereocenters. The minimum absolute atomic E-state index is 0.0331. The van der Waals surface area contributed by atoms with Crippen LogP contribution in [0.2, 0.25) is 0 Å². The van der Waals surface area contributed by atoms with Crippen molar-refractivity contribution in [2.24, 2.45) is 0 Å². The van der Waals surface area contributed by atoms with Crippen LogP contribution < -0.4 is 16.0 Å². The van der Waals surface area contributed by atoms with Crippen LogP contribution in [0.5, 0.6) is 0 Å². The highest BCUT2D eigenvalue weighted by Gasteiger charge is 2.10. The second-order valence-electron chi connectivity index (χ2n) is 4.00. The van der Waals surface area contributed by atoms with Crippen molar-refractivity contribution < 1.29 is 9.18 Å². The third-order valence-corrected chi connectivity index (χ3v) is 2.67. The summed E-state index contributed by atoms with van der Waals surface area (Å²) in [6, 6.07) is 3.00. The van der Waals surface area contributed by atoms with E-state index < -0.39 is 0 Å². The number of hydrogen-bond donors (Lipinski definition) is 2. The average Bonchev–Trinajstić information content (AvgIpc) is 2.30. The first-order chi connectivity index (χ1) is 7.95. The van der Waals surface area contributed by atoms with Crippen molar-refractivity contribution in [2.75, 3.05) is 31.3 Å². The lowest BCUT2D eigenvalue weighted by Gasteiger charge is -2.21. The molecule has 0 aromatic heterocycles. The third-order valence-electron chi connectivity index (χ3n) is 2.67. The molecule has 0 saturated carbocycles. The molecule has 1 aromatic rings. The molecule has 94 valence electrons. The molecule has 0 heterocycles. The molecule has 4 nitrogen and oxygen atoms in total. The summed E-state index contributed by atoms with van der Waals surface area (Å²) in [4.78, 5) is 13.0. The van der Waals surface area contributed by atoms with Crippen LogP contribution in [0.15, 0.2) is 12.1 Å². The fourth-order valence-corrected chi connectivity index (χ4v) is 1.53. The number of hydrogen-bond acceptors (Lipinski definition) is 3. The van der Waals surface area contributed by atoms with E-state index in [-0.39, 0.29) is 11.7 Å². The zero-order valence-electron chi connectivity index (χ0n) is 10.4. The highest BCUT2D eigenvalue weighted by Crippen LogP contribution is 2.25. The van der Waals surface area contributed by atoms with E-state index in [1.54, 1.807) is 20.0 Å². The van der Waals surface area contributed by atoms with Crippen LogP contribution in [0, 0.1) is 12.7 Å². The molecule has 0 saturated heterocycles. The molecular weight excluding hydrogens is 221 g/mol. The monoisotopic (exact) mass is 239 g/mol. The molecule has 0 radical (unpaired) electrons. The molecule has 17 heavy (non-hydrogen) atoms. The van der Waals surface area contributed by atoms with E-state index in [4.69, 9.17) is 5.73 Å². The van der Waals surface area contributed by atoms with Gasteiger partial charge >= 0.3 is 0 Å². The number of anilines is 2. The van der Waals surface area contributed by atoms with Crippen LogP contribution in [0.1, 0.15) is 12.0 Å². The minimum atomic E-state index is -0.314. The number of benzene rings is 1. The molecule has 1 amide bonds. The van der Waals surface area contributed by atoms with E-state index in [9.17, 15) is 9.18 Å². The number of nitrogen functional groups attached to an aromatic ring is 1. The van der Waals surface area contributed by atoms with Crippen LogP contribution in [0.3, 0.4) is 0 Å². The van der Waals surface area contributed by atoms with Gasteiger partial charge in [-0.15, -0.1) is 0 Å². The number of nitrogens with two attached hydrogens (primary N) is 1. The lowest BCUT2D eigenvalue weighted by molar-refractivity contribution is -0.120. The SMILES string of the molecule is CNC(=O)CCN(C)c1cc(C)c(F)cc1N. The molecule has 0 aliphatic carbocycles. The van der Waals surface area contributed by atoms with Crippen LogP contribution in [-0.4, -0.2) is 26.5 Å². The van der Waals surface area contributed by atoms with Crippen LogP contribution in [-0.2, 0) is 4.79 Å². The summed E-state index contributed by atoms with van der Waals surface area (Å²) in [5.41, 5.74) is 7.42. The Morgan fingerprint density at radius 1 is 1.53 bits per heavy atom. The maximum Gasteiger partial charge on any atom is 0.221 e. The number of carbonyl (C=O) groups is 1. The number of carbonyl (C=O) groups excluding carboxylic acids is 1. The Morgan fingerprint density at radius 2 is 2.18 bits per heavy atom. The van der Waals surface area contributed by atoms with Crippen molar-refractivity contribution in [1.82, 2.24) is 5.32 Å². The fourth-order valence-electron chi connectivity index (χ4n) is 1.53. The second-order valence-corrected chi connectivity index (χ2v) is 4.00. The van der Waals surface area contributed by atoms with E-state index in [2.05, 4.69) is 5.32 Å². The molecule has 0 atom stereocenters. The maximum atomic E-state index is 13.2. The van der Waals surface area contributed by atoms with Gasteiger partial charge in [0.1, 0.15) is 5.82 Å². The smallest absolute Gasteiger partial charge is 0.221 e.